The first-order valence-corrected chi connectivity index (χ1v) is 11.0. The predicted octanol–water partition coefficient (Wildman–Crippen LogP) is 4.27. The average molecular weight is 422 g/mol. The van der Waals surface area contributed by atoms with Crippen LogP contribution in [0.4, 0.5) is 5.69 Å². The highest BCUT2D eigenvalue weighted by atomic mass is 35.5. The van der Waals surface area contributed by atoms with Crippen molar-refractivity contribution >= 4 is 29.9 Å². The molecule has 1 aromatic rings. The van der Waals surface area contributed by atoms with E-state index in [0.717, 1.165) is 50.0 Å². The molecule has 3 N–H and O–H groups in total. The number of amides is 2. The summed E-state index contributed by atoms with van der Waals surface area (Å²) in [6.45, 7) is 4.81. The van der Waals surface area contributed by atoms with E-state index in [4.69, 9.17) is 0 Å². The number of hydrogen-bond acceptors (Lipinski definition) is 3. The molecule has 3 rings (SSSR count). The second-order valence-corrected chi connectivity index (χ2v) is 8.59. The van der Waals surface area contributed by atoms with E-state index >= 15 is 0 Å². The zero-order valence-electron chi connectivity index (χ0n) is 17.5. The first-order chi connectivity index (χ1) is 13.6. The summed E-state index contributed by atoms with van der Waals surface area (Å²) in [4.78, 5) is 24.8. The molecule has 5 nitrogen and oxygen atoms in total. The summed E-state index contributed by atoms with van der Waals surface area (Å²) < 4.78 is 0. The van der Waals surface area contributed by atoms with Crippen molar-refractivity contribution in [1.82, 2.24) is 10.6 Å². The molecule has 0 aromatic heterocycles. The summed E-state index contributed by atoms with van der Waals surface area (Å²) in [6.07, 6.45) is 8.53. The summed E-state index contributed by atoms with van der Waals surface area (Å²) in [5.74, 6) is 1.38. The summed E-state index contributed by atoms with van der Waals surface area (Å²) in [5.41, 5.74) is 1.84. The van der Waals surface area contributed by atoms with Gasteiger partial charge in [0.2, 0.25) is 11.8 Å². The largest absolute Gasteiger partial charge is 0.352 e. The molecule has 1 aliphatic carbocycles. The van der Waals surface area contributed by atoms with Gasteiger partial charge in [0, 0.05) is 24.6 Å². The zero-order valence-corrected chi connectivity index (χ0v) is 18.4. The van der Waals surface area contributed by atoms with Crippen LogP contribution in [0.15, 0.2) is 24.3 Å². The van der Waals surface area contributed by atoms with Crippen LogP contribution in [0.2, 0.25) is 0 Å². The Balaban J connectivity index is 0.00000300. The topological polar surface area (TPSA) is 70.2 Å². The monoisotopic (exact) mass is 421 g/mol. The van der Waals surface area contributed by atoms with E-state index in [2.05, 4.69) is 22.9 Å². The van der Waals surface area contributed by atoms with Gasteiger partial charge in [0.25, 0.3) is 0 Å². The van der Waals surface area contributed by atoms with E-state index in [-0.39, 0.29) is 30.1 Å². The summed E-state index contributed by atoms with van der Waals surface area (Å²) in [5, 5.41) is 9.52. The highest BCUT2D eigenvalue weighted by molar-refractivity contribution is 5.92. The van der Waals surface area contributed by atoms with Crippen molar-refractivity contribution in [1.29, 1.82) is 0 Å². The molecule has 2 aliphatic rings. The molecule has 0 bridgehead atoms. The van der Waals surface area contributed by atoms with Gasteiger partial charge < -0.3 is 16.0 Å². The lowest BCUT2D eigenvalue weighted by Gasteiger charge is -2.28. The fourth-order valence-corrected chi connectivity index (χ4v) is 4.46. The smallest absolute Gasteiger partial charge is 0.227 e. The number of rotatable bonds is 7. The van der Waals surface area contributed by atoms with Crippen molar-refractivity contribution in [2.75, 3.05) is 18.4 Å². The standard InChI is InChI=1S/C23H35N3O2.ClH/c1-17(20-10-6-12-24-16-20)13-22(27)25-15-18-7-5-11-21(14-18)26-23(28)19-8-3-2-4-9-19;/h5,7,11,14,17,19-20,24H,2-4,6,8-10,12-13,15-16H2,1H3,(H,25,27)(H,26,28);1H. The molecule has 6 heteroatoms. The predicted molar refractivity (Wildman–Crippen MR) is 120 cm³/mol. The minimum Gasteiger partial charge on any atom is -0.352 e. The number of piperidine rings is 1. The molecule has 0 spiro atoms. The lowest BCUT2D eigenvalue weighted by molar-refractivity contribution is -0.122. The molecule has 1 saturated heterocycles. The fraction of sp³-hybridized carbons (Fsp3) is 0.652. The Morgan fingerprint density at radius 2 is 1.93 bits per heavy atom. The van der Waals surface area contributed by atoms with E-state index in [1.165, 1.54) is 19.3 Å². The molecule has 1 saturated carbocycles. The number of halogens is 1. The second kappa shape index (κ2) is 12.2. The van der Waals surface area contributed by atoms with Gasteiger partial charge in [-0.2, -0.15) is 0 Å². The minimum absolute atomic E-state index is 0. The van der Waals surface area contributed by atoms with Crippen molar-refractivity contribution in [3.63, 3.8) is 0 Å². The molecule has 2 amide bonds. The zero-order chi connectivity index (χ0) is 19.8. The van der Waals surface area contributed by atoms with Gasteiger partial charge >= 0.3 is 0 Å². The summed E-state index contributed by atoms with van der Waals surface area (Å²) in [7, 11) is 0. The molecule has 0 radical (unpaired) electrons. The third kappa shape index (κ3) is 7.63. The number of nitrogens with one attached hydrogen (secondary N) is 3. The molecule has 1 heterocycles. The Kier molecular flexibility index (Phi) is 9.95. The average Bonchev–Trinajstić information content (AvgIpc) is 2.74. The van der Waals surface area contributed by atoms with E-state index in [0.29, 0.717) is 24.8 Å². The molecular weight excluding hydrogens is 386 g/mol. The van der Waals surface area contributed by atoms with Gasteiger partial charge in [-0.1, -0.05) is 38.3 Å². The first-order valence-electron chi connectivity index (χ1n) is 11.0. The number of hydrogen-bond donors (Lipinski definition) is 3. The van der Waals surface area contributed by atoms with Crippen LogP contribution in [0.1, 0.15) is 63.9 Å². The van der Waals surface area contributed by atoms with Crippen molar-refractivity contribution in [3.8, 4) is 0 Å². The molecule has 2 unspecified atom stereocenters. The molecule has 29 heavy (non-hydrogen) atoms. The van der Waals surface area contributed by atoms with Gasteiger partial charge in [0.1, 0.15) is 0 Å². The lowest BCUT2D eigenvalue weighted by Crippen LogP contribution is -2.35. The van der Waals surface area contributed by atoms with Crippen LogP contribution in [0.25, 0.3) is 0 Å². The third-order valence-electron chi connectivity index (χ3n) is 6.31. The summed E-state index contributed by atoms with van der Waals surface area (Å²) in [6, 6.07) is 7.82. The number of carbonyl (C=O) groups is 2. The number of anilines is 1. The minimum atomic E-state index is 0. The lowest BCUT2D eigenvalue weighted by atomic mass is 9.85. The van der Waals surface area contributed by atoms with Crippen LogP contribution >= 0.6 is 12.4 Å². The first kappa shape index (κ1) is 23.7. The van der Waals surface area contributed by atoms with Crippen molar-refractivity contribution in [3.05, 3.63) is 29.8 Å². The molecule has 1 aliphatic heterocycles. The van der Waals surface area contributed by atoms with E-state index in [9.17, 15) is 9.59 Å². The van der Waals surface area contributed by atoms with Crippen LogP contribution in [-0.2, 0) is 16.1 Å². The van der Waals surface area contributed by atoms with E-state index in [1.54, 1.807) is 0 Å². The SMILES string of the molecule is CC(CC(=O)NCc1cccc(NC(=O)C2CCCCC2)c1)C1CCCNC1.Cl. The maximum Gasteiger partial charge on any atom is 0.227 e. The maximum absolute atomic E-state index is 12.4. The molecule has 2 fully saturated rings. The van der Waals surface area contributed by atoms with Crippen LogP contribution < -0.4 is 16.0 Å². The molecular formula is C23H36ClN3O2. The van der Waals surface area contributed by atoms with E-state index in [1.807, 2.05) is 24.3 Å². The maximum atomic E-state index is 12.4. The third-order valence-corrected chi connectivity index (χ3v) is 6.31. The fourth-order valence-electron chi connectivity index (χ4n) is 4.46. The molecule has 1 aromatic carbocycles. The molecule has 2 atom stereocenters. The van der Waals surface area contributed by atoms with Crippen LogP contribution in [-0.4, -0.2) is 24.9 Å². The van der Waals surface area contributed by atoms with Gasteiger partial charge in [-0.15, -0.1) is 12.4 Å². The Morgan fingerprint density at radius 3 is 2.66 bits per heavy atom. The quantitative estimate of drug-likeness (QED) is 0.615. The summed E-state index contributed by atoms with van der Waals surface area (Å²) >= 11 is 0. The Labute approximate surface area is 181 Å². The van der Waals surface area contributed by atoms with Gasteiger partial charge in [-0.3, -0.25) is 9.59 Å². The Bertz CT molecular complexity index is 655. The van der Waals surface area contributed by atoms with Gasteiger partial charge in [-0.05, 0) is 68.3 Å². The normalized spacial score (nSPS) is 20.9. The number of carbonyl (C=O) groups excluding carboxylic acids is 2. The number of benzene rings is 1. The van der Waals surface area contributed by atoms with Crippen LogP contribution in [0.3, 0.4) is 0 Å². The van der Waals surface area contributed by atoms with Crippen molar-refractivity contribution in [2.24, 2.45) is 17.8 Å². The van der Waals surface area contributed by atoms with E-state index < -0.39 is 0 Å². The molecule has 162 valence electrons. The second-order valence-electron chi connectivity index (χ2n) is 8.59. The van der Waals surface area contributed by atoms with Crippen molar-refractivity contribution < 1.29 is 9.59 Å². The van der Waals surface area contributed by atoms with Crippen molar-refractivity contribution in [2.45, 2.75) is 64.8 Å². The van der Waals surface area contributed by atoms with Gasteiger partial charge in [-0.25, -0.2) is 0 Å². The van der Waals surface area contributed by atoms with Crippen LogP contribution in [0, 0.1) is 17.8 Å². The van der Waals surface area contributed by atoms with Crippen LogP contribution in [0.5, 0.6) is 0 Å². The Hall–Kier alpha value is -1.59. The Morgan fingerprint density at radius 1 is 1.14 bits per heavy atom. The highest BCUT2D eigenvalue weighted by Gasteiger charge is 2.22. The van der Waals surface area contributed by atoms with Gasteiger partial charge in [0.15, 0.2) is 0 Å². The highest BCUT2D eigenvalue weighted by Crippen LogP contribution is 2.25. The van der Waals surface area contributed by atoms with Gasteiger partial charge in [0.05, 0.1) is 0 Å².